The Kier molecular flexibility index (Phi) is 3.51. The molecule has 0 radical (unpaired) electrons. The molecule has 23 heavy (non-hydrogen) atoms. The monoisotopic (exact) mass is 314 g/mol. The quantitative estimate of drug-likeness (QED) is 0.618. The van der Waals surface area contributed by atoms with Crippen molar-refractivity contribution in [3.63, 3.8) is 0 Å². The second-order valence-electron chi connectivity index (χ2n) is 5.26. The number of carbonyl (C=O) groups is 1. The molecular weight excluding hydrogens is 299 g/mol. The van der Waals surface area contributed by atoms with Gasteiger partial charge < -0.3 is 10.8 Å². The van der Waals surface area contributed by atoms with Gasteiger partial charge in [-0.2, -0.15) is 5.01 Å². The minimum Gasteiger partial charge on any atom is -0.870 e. The predicted octanol–water partition coefficient (Wildman–Crippen LogP) is 1.55. The molecule has 2 aromatic rings. The Balaban J connectivity index is 0.00000156. The van der Waals surface area contributed by atoms with Crippen molar-refractivity contribution in [1.82, 2.24) is 0 Å². The van der Waals surface area contributed by atoms with Crippen LogP contribution in [0.15, 0.2) is 59.9 Å². The average Bonchev–Trinajstić information content (AvgIpc) is 2.86. The molecule has 4 N–H and O–H groups in total. The molecule has 0 aliphatic carbocycles. The molecule has 0 saturated carbocycles. The van der Waals surface area contributed by atoms with Crippen LogP contribution in [0.3, 0.4) is 0 Å². The van der Waals surface area contributed by atoms with Crippen molar-refractivity contribution >= 4 is 23.0 Å². The van der Waals surface area contributed by atoms with Crippen LogP contribution < -0.4 is 20.9 Å². The van der Waals surface area contributed by atoms with Gasteiger partial charge in [0.15, 0.2) is 5.70 Å². The van der Waals surface area contributed by atoms with Crippen LogP contribution in [0.4, 0.5) is 21.5 Å². The summed E-state index contributed by atoms with van der Waals surface area (Å²) in [5.74, 6) is -0.544. The number of carbonyl (C=O) groups excluding carboxylic acids is 1. The van der Waals surface area contributed by atoms with Gasteiger partial charge in [0.1, 0.15) is 17.2 Å². The fourth-order valence-corrected chi connectivity index (χ4v) is 2.83. The fourth-order valence-electron chi connectivity index (χ4n) is 2.83. The minimum absolute atomic E-state index is 0. The van der Waals surface area contributed by atoms with E-state index in [1.807, 2.05) is 36.2 Å². The highest BCUT2D eigenvalue weighted by molar-refractivity contribution is 6.09. The van der Waals surface area contributed by atoms with E-state index in [1.54, 1.807) is 17.7 Å². The molecule has 0 aromatic heterocycles. The molecule has 0 atom stereocenters. The number of amides is 1. The maximum atomic E-state index is 13.4. The van der Waals surface area contributed by atoms with E-state index in [-0.39, 0.29) is 17.2 Å². The van der Waals surface area contributed by atoms with Crippen molar-refractivity contribution in [3.05, 3.63) is 65.7 Å². The Morgan fingerprint density at radius 3 is 2.65 bits per heavy atom. The molecule has 1 saturated heterocycles. The van der Waals surface area contributed by atoms with Gasteiger partial charge in [-0.15, -0.1) is 10.5 Å². The molecule has 1 amide bonds. The summed E-state index contributed by atoms with van der Waals surface area (Å²) in [6.45, 7) is 1.86. The number of fused-ring (bicyclic) bond motifs is 3. The van der Waals surface area contributed by atoms with E-state index in [4.69, 9.17) is 0 Å². The van der Waals surface area contributed by atoms with Crippen molar-refractivity contribution in [3.8, 4) is 0 Å². The van der Waals surface area contributed by atoms with Gasteiger partial charge in [-0.25, -0.2) is 4.39 Å². The summed E-state index contributed by atoms with van der Waals surface area (Å²) >= 11 is 0. The first-order valence-corrected chi connectivity index (χ1v) is 6.95. The van der Waals surface area contributed by atoms with E-state index >= 15 is 0 Å². The number of hydrogen-bond donors (Lipinski definition) is 2. The van der Waals surface area contributed by atoms with Crippen molar-refractivity contribution in [2.75, 3.05) is 15.3 Å². The highest BCUT2D eigenvalue weighted by Gasteiger charge is 2.43. The number of anilines is 3. The van der Waals surface area contributed by atoms with Gasteiger partial charge >= 0.3 is 5.91 Å². The molecule has 118 valence electrons. The van der Waals surface area contributed by atoms with Gasteiger partial charge in [-0.3, -0.25) is 4.79 Å². The molecule has 2 aliphatic rings. The smallest absolute Gasteiger partial charge is 0.329 e. The maximum absolute atomic E-state index is 13.4. The SMILES string of the molecule is CC1=C2C(=O)N(c3cccc(F)c3)[NH2+]N2c2ccccc2N1.[OH-]. The lowest BCUT2D eigenvalue weighted by Crippen LogP contribution is -2.98. The van der Waals surface area contributed by atoms with Gasteiger partial charge in [0.05, 0.1) is 5.69 Å². The number of hydrogen-bond acceptors (Lipinski definition) is 4. The Bertz CT molecular complexity index is 821. The van der Waals surface area contributed by atoms with Crippen molar-refractivity contribution in [2.45, 2.75) is 6.92 Å². The lowest BCUT2D eigenvalue weighted by molar-refractivity contribution is -0.653. The summed E-state index contributed by atoms with van der Waals surface area (Å²) in [6, 6.07) is 13.8. The van der Waals surface area contributed by atoms with E-state index in [0.29, 0.717) is 11.4 Å². The van der Waals surface area contributed by atoms with Crippen LogP contribution in [-0.4, -0.2) is 11.4 Å². The van der Waals surface area contributed by atoms with Gasteiger partial charge in [-0.1, -0.05) is 18.2 Å². The molecule has 2 aromatic carbocycles. The van der Waals surface area contributed by atoms with E-state index in [9.17, 15) is 9.18 Å². The normalized spacial score (nSPS) is 15.8. The summed E-state index contributed by atoms with van der Waals surface area (Å²) < 4.78 is 13.4. The standard InChI is InChI=1S/C16H13FN4O.H2O/c1-10-15-16(22)20(12-6-4-5-11(17)9-12)19-21(15)14-8-3-2-7-13(14)18-10;/h2-9,18-19H,1H3;1H2. The van der Waals surface area contributed by atoms with Crippen LogP contribution in [0, 0.1) is 5.82 Å². The van der Waals surface area contributed by atoms with Gasteiger partial charge in [0, 0.05) is 11.8 Å². The number of rotatable bonds is 1. The summed E-state index contributed by atoms with van der Waals surface area (Å²) in [6.07, 6.45) is 0. The number of benzene rings is 2. The van der Waals surface area contributed by atoms with E-state index < -0.39 is 0 Å². The first-order chi connectivity index (χ1) is 10.6. The third-order valence-corrected chi connectivity index (χ3v) is 3.82. The number of nitrogens with zero attached hydrogens (tertiary/aromatic N) is 2. The second kappa shape index (κ2) is 5.38. The number of para-hydroxylation sites is 2. The second-order valence-corrected chi connectivity index (χ2v) is 5.26. The van der Waals surface area contributed by atoms with Crippen LogP contribution in [0.1, 0.15) is 6.92 Å². The van der Waals surface area contributed by atoms with Crippen LogP contribution in [-0.2, 0) is 4.79 Å². The highest BCUT2D eigenvalue weighted by Crippen LogP contribution is 2.35. The van der Waals surface area contributed by atoms with Gasteiger partial charge in [0.2, 0.25) is 0 Å². The molecule has 6 nitrogen and oxygen atoms in total. The topological polar surface area (TPSA) is 82.2 Å². The van der Waals surface area contributed by atoms with E-state index in [0.717, 1.165) is 17.1 Å². The molecule has 4 rings (SSSR count). The Labute approximate surface area is 132 Å². The molecule has 1 fully saturated rings. The zero-order valence-corrected chi connectivity index (χ0v) is 12.3. The molecule has 0 unspecified atom stereocenters. The lowest BCUT2D eigenvalue weighted by atomic mass is 10.1. The zero-order valence-electron chi connectivity index (χ0n) is 12.3. The van der Waals surface area contributed by atoms with E-state index in [1.165, 1.54) is 17.1 Å². The van der Waals surface area contributed by atoms with Crippen molar-refractivity contribution < 1.29 is 20.2 Å². The summed E-state index contributed by atoms with van der Waals surface area (Å²) in [5.41, 5.74) is 5.39. The maximum Gasteiger partial charge on any atom is 0.329 e. The molecule has 7 heteroatoms. The average molecular weight is 314 g/mol. The summed E-state index contributed by atoms with van der Waals surface area (Å²) in [7, 11) is 0. The molecule has 2 heterocycles. The Morgan fingerprint density at radius 2 is 1.87 bits per heavy atom. The van der Waals surface area contributed by atoms with Crippen molar-refractivity contribution in [1.29, 1.82) is 0 Å². The number of allylic oxidation sites excluding steroid dienone is 1. The largest absolute Gasteiger partial charge is 0.870 e. The zero-order chi connectivity index (χ0) is 15.3. The van der Waals surface area contributed by atoms with Crippen LogP contribution in [0.2, 0.25) is 0 Å². The Hall–Kier alpha value is -2.90. The van der Waals surface area contributed by atoms with Gasteiger partial charge in [0.25, 0.3) is 0 Å². The number of nitrogens with one attached hydrogen (secondary N) is 1. The van der Waals surface area contributed by atoms with Gasteiger partial charge in [-0.05, 0) is 31.2 Å². The minimum atomic E-state index is -0.368. The molecule has 0 bridgehead atoms. The Morgan fingerprint density at radius 1 is 1.09 bits per heavy atom. The predicted molar refractivity (Wildman–Crippen MR) is 83.0 cm³/mol. The third-order valence-electron chi connectivity index (χ3n) is 3.82. The molecular formula is C16H15FN4O2. The first-order valence-electron chi connectivity index (χ1n) is 6.95. The van der Waals surface area contributed by atoms with E-state index in [2.05, 4.69) is 5.32 Å². The van der Waals surface area contributed by atoms with Crippen LogP contribution >= 0.6 is 0 Å². The highest BCUT2D eigenvalue weighted by atomic mass is 19.1. The number of nitrogens with two attached hydrogens (primary N) is 1. The first kappa shape index (κ1) is 15.0. The fraction of sp³-hybridized carbons (Fsp3) is 0.0625. The van der Waals surface area contributed by atoms with Crippen molar-refractivity contribution in [2.24, 2.45) is 0 Å². The lowest BCUT2D eigenvalue weighted by Gasteiger charge is -2.24. The summed E-state index contributed by atoms with van der Waals surface area (Å²) in [4.78, 5) is 12.7. The van der Waals surface area contributed by atoms with Crippen LogP contribution in [0.5, 0.6) is 0 Å². The molecule has 2 aliphatic heterocycles. The molecule has 0 spiro atoms. The summed E-state index contributed by atoms with van der Waals surface area (Å²) in [5, 5.41) is 6.55. The third kappa shape index (κ3) is 2.23. The number of halogens is 1. The van der Waals surface area contributed by atoms with Crippen LogP contribution in [0.25, 0.3) is 0 Å². The number of quaternary nitrogens is 1.